The summed E-state index contributed by atoms with van der Waals surface area (Å²) < 4.78 is 16.8. The number of esters is 3. The van der Waals surface area contributed by atoms with E-state index in [2.05, 4.69) is 41.5 Å². The van der Waals surface area contributed by atoms with Crippen LogP contribution in [-0.4, -0.2) is 37.2 Å². The third-order valence-corrected chi connectivity index (χ3v) is 12.8. The summed E-state index contributed by atoms with van der Waals surface area (Å²) in [7, 11) is 0. The molecule has 0 spiro atoms. The Labute approximate surface area is 380 Å². The van der Waals surface area contributed by atoms with Crippen LogP contribution in [0.2, 0.25) is 0 Å². The topological polar surface area (TPSA) is 78.9 Å². The van der Waals surface area contributed by atoms with E-state index in [1.807, 2.05) is 0 Å². The van der Waals surface area contributed by atoms with Crippen LogP contribution < -0.4 is 0 Å². The van der Waals surface area contributed by atoms with Crippen LogP contribution in [0.4, 0.5) is 0 Å². The van der Waals surface area contributed by atoms with Crippen molar-refractivity contribution in [2.24, 2.45) is 17.8 Å². The molecule has 0 aliphatic rings. The molecule has 0 aliphatic carbocycles. The van der Waals surface area contributed by atoms with Gasteiger partial charge < -0.3 is 14.2 Å². The third kappa shape index (κ3) is 47.7. The van der Waals surface area contributed by atoms with Gasteiger partial charge in [-0.05, 0) is 37.0 Å². The largest absolute Gasteiger partial charge is 0.462 e. The lowest BCUT2D eigenvalue weighted by Gasteiger charge is -2.18. The highest BCUT2D eigenvalue weighted by atomic mass is 16.6. The first kappa shape index (κ1) is 59.4. The second-order valence-corrected chi connectivity index (χ2v) is 20.1. The fourth-order valence-corrected chi connectivity index (χ4v) is 8.26. The minimum atomic E-state index is -0.763. The van der Waals surface area contributed by atoms with Crippen LogP contribution in [0.1, 0.15) is 298 Å². The van der Waals surface area contributed by atoms with Crippen molar-refractivity contribution in [2.75, 3.05) is 13.2 Å². The molecule has 1 unspecified atom stereocenters. The van der Waals surface area contributed by atoms with Crippen molar-refractivity contribution in [3.63, 3.8) is 0 Å². The smallest absolute Gasteiger partial charge is 0.306 e. The molecule has 0 N–H and O–H groups in total. The van der Waals surface area contributed by atoms with Gasteiger partial charge in [-0.3, -0.25) is 14.4 Å². The molecular weight excluding hydrogens is 757 g/mol. The monoisotopic (exact) mass is 863 g/mol. The molecule has 0 bridgehead atoms. The van der Waals surface area contributed by atoms with Gasteiger partial charge in [-0.2, -0.15) is 0 Å². The van der Waals surface area contributed by atoms with Gasteiger partial charge >= 0.3 is 17.9 Å². The highest BCUT2D eigenvalue weighted by Crippen LogP contribution is 2.18. The van der Waals surface area contributed by atoms with Crippen LogP contribution in [0.25, 0.3) is 0 Å². The van der Waals surface area contributed by atoms with Crippen molar-refractivity contribution < 1.29 is 28.6 Å². The molecule has 0 amide bonds. The van der Waals surface area contributed by atoms with Crippen molar-refractivity contribution in [3.8, 4) is 0 Å². The van der Waals surface area contributed by atoms with E-state index >= 15 is 0 Å². The zero-order valence-electron chi connectivity index (χ0n) is 42.0. The number of unbranched alkanes of at least 4 members (excludes halogenated alkanes) is 30. The van der Waals surface area contributed by atoms with Gasteiger partial charge in [-0.15, -0.1) is 0 Å². The standard InChI is InChI=1S/C55H106O6/c1-7-51(6)43-37-31-24-20-16-14-12-10-8-9-11-13-15-17-21-25-32-38-44-53(56)59-47-52(48-60-54(57)45-39-33-28-27-30-36-42-50(4)5)61-55(58)46-40-34-26-22-18-19-23-29-35-41-49(2)3/h49-52H,7-48H2,1-6H3/t51?,52-/m0/s1. The predicted octanol–water partition coefficient (Wildman–Crippen LogP) is 17.6. The summed E-state index contributed by atoms with van der Waals surface area (Å²) in [6.07, 6.45) is 46.8. The molecule has 362 valence electrons. The Bertz CT molecular complexity index is 947. The second-order valence-electron chi connectivity index (χ2n) is 20.1. The Hall–Kier alpha value is -1.59. The molecule has 6 nitrogen and oxygen atoms in total. The maximum atomic E-state index is 12.8. The molecule has 0 aromatic carbocycles. The molecule has 6 heteroatoms. The van der Waals surface area contributed by atoms with Gasteiger partial charge in [0.2, 0.25) is 0 Å². The molecular formula is C55H106O6. The normalized spacial score (nSPS) is 12.6. The molecule has 0 rings (SSSR count). The van der Waals surface area contributed by atoms with Crippen LogP contribution in [-0.2, 0) is 28.6 Å². The Balaban J connectivity index is 4.16. The minimum absolute atomic E-state index is 0.0653. The number of rotatable bonds is 48. The lowest BCUT2D eigenvalue weighted by Crippen LogP contribution is -2.30. The van der Waals surface area contributed by atoms with E-state index in [0.717, 1.165) is 75.5 Å². The summed E-state index contributed by atoms with van der Waals surface area (Å²) in [6.45, 7) is 13.7. The van der Waals surface area contributed by atoms with Crippen LogP contribution in [0, 0.1) is 17.8 Å². The molecule has 2 atom stereocenters. The molecule has 0 aromatic rings. The van der Waals surface area contributed by atoms with E-state index in [4.69, 9.17) is 14.2 Å². The number of hydrogen-bond donors (Lipinski definition) is 0. The summed E-state index contributed by atoms with van der Waals surface area (Å²) in [5, 5.41) is 0. The zero-order valence-corrected chi connectivity index (χ0v) is 42.0. The van der Waals surface area contributed by atoms with E-state index < -0.39 is 6.10 Å². The molecule has 0 saturated heterocycles. The molecule has 0 heterocycles. The Morgan fingerprint density at radius 2 is 0.574 bits per heavy atom. The van der Waals surface area contributed by atoms with Gasteiger partial charge in [0.05, 0.1) is 0 Å². The first-order chi connectivity index (χ1) is 29.6. The van der Waals surface area contributed by atoms with Crippen molar-refractivity contribution in [3.05, 3.63) is 0 Å². The van der Waals surface area contributed by atoms with Crippen LogP contribution in [0.3, 0.4) is 0 Å². The SMILES string of the molecule is CCC(C)CCCCCCCCCCCCCCCCCCCCC(=O)OC[C@@H](COC(=O)CCCCCCCCC(C)C)OC(=O)CCCCCCCCCCCC(C)C. The quantitative estimate of drug-likeness (QED) is 0.0344. The van der Waals surface area contributed by atoms with Crippen molar-refractivity contribution in [1.29, 1.82) is 0 Å². The van der Waals surface area contributed by atoms with E-state index in [0.29, 0.717) is 19.3 Å². The van der Waals surface area contributed by atoms with Gasteiger partial charge in [0.1, 0.15) is 13.2 Å². The molecule has 0 radical (unpaired) electrons. The number of carbonyl (C=O) groups is 3. The number of hydrogen-bond acceptors (Lipinski definition) is 6. The summed E-state index contributed by atoms with van der Waals surface area (Å²) in [5.74, 6) is 1.62. The van der Waals surface area contributed by atoms with Crippen LogP contribution in [0.5, 0.6) is 0 Å². The fourth-order valence-electron chi connectivity index (χ4n) is 8.26. The summed E-state index contributed by atoms with van der Waals surface area (Å²) in [4.78, 5) is 37.9. The van der Waals surface area contributed by atoms with Crippen LogP contribution >= 0.6 is 0 Å². The van der Waals surface area contributed by atoms with Gasteiger partial charge in [-0.25, -0.2) is 0 Å². The van der Waals surface area contributed by atoms with Crippen LogP contribution in [0.15, 0.2) is 0 Å². The van der Waals surface area contributed by atoms with Gasteiger partial charge in [0, 0.05) is 19.3 Å². The number of ether oxygens (including phenoxy) is 3. The fraction of sp³-hybridized carbons (Fsp3) is 0.945. The molecule has 61 heavy (non-hydrogen) atoms. The highest BCUT2D eigenvalue weighted by molar-refractivity contribution is 5.71. The first-order valence-electron chi connectivity index (χ1n) is 27.1. The van der Waals surface area contributed by atoms with E-state index in [9.17, 15) is 14.4 Å². The molecule has 0 aliphatic heterocycles. The van der Waals surface area contributed by atoms with E-state index in [-0.39, 0.29) is 31.1 Å². The lowest BCUT2D eigenvalue weighted by atomic mass is 9.99. The maximum absolute atomic E-state index is 12.8. The first-order valence-corrected chi connectivity index (χ1v) is 27.1. The lowest BCUT2D eigenvalue weighted by molar-refractivity contribution is -0.167. The highest BCUT2D eigenvalue weighted by Gasteiger charge is 2.19. The summed E-state index contributed by atoms with van der Waals surface area (Å²) in [6, 6.07) is 0. The van der Waals surface area contributed by atoms with E-state index in [1.165, 1.54) is 180 Å². The van der Waals surface area contributed by atoms with Gasteiger partial charge in [-0.1, -0.05) is 260 Å². The molecule has 0 fully saturated rings. The Morgan fingerprint density at radius 1 is 0.328 bits per heavy atom. The van der Waals surface area contributed by atoms with Gasteiger partial charge in [0.25, 0.3) is 0 Å². The van der Waals surface area contributed by atoms with Crippen molar-refractivity contribution in [2.45, 2.75) is 304 Å². The second kappa shape index (κ2) is 46.4. The maximum Gasteiger partial charge on any atom is 0.306 e. The average molecular weight is 863 g/mol. The third-order valence-electron chi connectivity index (χ3n) is 12.8. The van der Waals surface area contributed by atoms with Crippen molar-refractivity contribution >= 4 is 17.9 Å². The minimum Gasteiger partial charge on any atom is -0.462 e. The van der Waals surface area contributed by atoms with Crippen molar-refractivity contribution in [1.82, 2.24) is 0 Å². The summed E-state index contributed by atoms with van der Waals surface area (Å²) >= 11 is 0. The molecule has 0 aromatic heterocycles. The van der Waals surface area contributed by atoms with Gasteiger partial charge in [0.15, 0.2) is 6.10 Å². The average Bonchev–Trinajstić information content (AvgIpc) is 3.23. The van der Waals surface area contributed by atoms with E-state index in [1.54, 1.807) is 0 Å². The number of carbonyl (C=O) groups excluding carboxylic acids is 3. The Morgan fingerprint density at radius 3 is 0.852 bits per heavy atom. The molecule has 0 saturated carbocycles. The predicted molar refractivity (Wildman–Crippen MR) is 261 cm³/mol. The zero-order chi connectivity index (χ0) is 44.9. The summed E-state index contributed by atoms with van der Waals surface area (Å²) in [5.41, 5.74) is 0. The Kier molecular flexibility index (Phi) is 45.2.